The number of ketones is 1. The van der Waals surface area contributed by atoms with Crippen LogP contribution in [0.5, 0.6) is 5.75 Å². The molecule has 0 saturated carbocycles. The number of hydrogen-bond acceptors (Lipinski definition) is 4. The second-order valence-corrected chi connectivity index (χ2v) is 8.01. The first-order valence-corrected chi connectivity index (χ1v) is 10.8. The minimum Gasteiger partial charge on any atom is -0.507 e. The van der Waals surface area contributed by atoms with E-state index in [1.165, 1.54) is 29.2 Å². The quantitative estimate of drug-likeness (QED) is 0.280. The van der Waals surface area contributed by atoms with Crippen molar-refractivity contribution in [1.29, 1.82) is 0 Å². The van der Waals surface area contributed by atoms with E-state index in [2.05, 4.69) is 0 Å². The van der Waals surface area contributed by atoms with Crippen LogP contribution in [0.2, 0.25) is 5.02 Å². The summed E-state index contributed by atoms with van der Waals surface area (Å²) in [5.41, 5.74) is 1.22. The third-order valence-corrected chi connectivity index (χ3v) is 5.59. The maximum absolute atomic E-state index is 13.5. The molecule has 1 fully saturated rings. The molecule has 0 radical (unpaired) electrons. The lowest BCUT2D eigenvalue weighted by Gasteiger charge is -2.25. The number of amides is 1. The van der Waals surface area contributed by atoms with Crippen molar-refractivity contribution >= 4 is 34.7 Å². The molecule has 3 aromatic rings. The summed E-state index contributed by atoms with van der Waals surface area (Å²) in [5.74, 6) is -1.78. The van der Waals surface area contributed by atoms with Crippen LogP contribution in [0.3, 0.4) is 0 Å². The van der Waals surface area contributed by atoms with Crippen molar-refractivity contribution < 1.29 is 23.8 Å². The predicted octanol–water partition coefficient (Wildman–Crippen LogP) is 5.89. The van der Waals surface area contributed by atoms with Crippen LogP contribution in [0, 0.1) is 5.82 Å². The highest BCUT2D eigenvalue weighted by Crippen LogP contribution is 2.42. The van der Waals surface area contributed by atoms with E-state index in [0.29, 0.717) is 34.2 Å². The van der Waals surface area contributed by atoms with Gasteiger partial charge >= 0.3 is 0 Å². The van der Waals surface area contributed by atoms with Gasteiger partial charge in [0, 0.05) is 16.3 Å². The van der Waals surface area contributed by atoms with Crippen LogP contribution in [0.15, 0.2) is 78.4 Å². The molecule has 1 heterocycles. The number of aliphatic hydroxyl groups is 1. The van der Waals surface area contributed by atoms with Crippen molar-refractivity contribution in [1.82, 2.24) is 0 Å². The van der Waals surface area contributed by atoms with Crippen LogP contribution in [0.4, 0.5) is 10.1 Å². The second-order valence-electron chi connectivity index (χ2n) is 7.57. The predicted molar refractivity (Wildman–Crippen MR) is 125 cm³/mol. The van der Waals surface area contributed by atoms with Crippen LogP contribution in [0.25, 0.3) is 5.76 Å². The number of carbonyl (C=O) groups excluding carboxylic acids is 2. The van der Waals surface area contributed by atoms with Gasteiger partial charge < -0.3 is 9.84 Å². The summed E-state index contributed by atoms with van der Waals surface area (Å²) in [5, 5.41) is 11.6. The molecule has 1 saturated heterocycles. The zero-order valence-electron chi connectivity index (χ0n) is 17.8. The van der Waals surface area contributed by atoms with Gasteiger partial charge in [0.25, 0.3) is 11.7 Å². The summed E-state index contributed by atoms with van der Waals surface area (Å²) in [6, 6.07) is 17.6. The third-order valence-electron chi connectivity index (χ3n) is 5.34. The molecule has 168 valence electrons. The number of rotatable bonds is 6. The first-order chi connectivity index (χ1) is 15.9. The van der Waals surface area contributed by atoms with Gasteiger partial charge in [0.2, 0.25) is 0 Å². The lowest BCUT2D eigenvalue weighted by atomic mass is 9.95. The number of hydrogen-bond donors (Lipinski definition) is 1. The summed E-state index contributed by atoms with van der Waals surface area (Å²) in [4.78, 5) is 27.4. The molecule has 1 unspecified atom stereocenters. The molecule has 0 aliphatic carbocycles. The van der Waals surface area contributed by atoms with Crippen LogP contribution in [-0.2, 0) is 9.59 Å². The molecule has 5 nitrogen and oxygen atoms in total. The van der Waals surface area contributed by atoms with Crippen molar-refractivity contribution in [2.24, 2.45) is 0 Å². The summed E-state index contributed by atoms with van der Waals surface area (Å²) in [6.45, 7) is 2.56. The Hall–Kier alpha value is -3.64. The van der Waals surface area contributed by atoms with Crippen LogP contribution >= 0.6 is 11.6 Å². The third kappa shape index (κ3) is 4.47. The van der Waals surface area contributed by atoms with Gasteiger partial charge in [-0.2, -0.15) is 0 Å². The average Bonchev–Trinajstić information content (AvgIpc) is 3.09. The van der Waals surface area contributed by atoms with E-state index < -0.39 is 23.5 Å². The zero-order chi connectivity index (χ0) is 23.5. The molecule has 1 aliphatic heterocycles. The smallest absolute Gasteiger partial charge is 0.300 e. The van der Waals surface area contributed by atoms with E-state index in [0.717, 1.165) is 6.42 Å². The van der Waals surface area contributed by atoms with Crippen LogP contribution in [0.1, 0.15) is 30.5 Å². The van der Waals surface area contributed by atoms with Crippen LogP contribution < -0.4 is 9.64 Å². The number of anilines is 1. The summed E-state index contributed by atoms with van der Waals surface area (Å²) in [7, 11) is 0. The van der Waals surface area contributed by atoms with E-state index in [1.54, 1.807) is 48.5 Å². The largest absolute Gasteiger partial charge is 0.507 e. The van der Waals surface area contributed by atoms with Crippen molar-refractivity contribution in [3.05, 3.63) is 100 Å². The Morgan fingerprint density at radius 3 is 2.24 bits per heavy atom. The first-order valence-electron chi connectivity index (χ1n) is 10.5. The van der Waals surface area contributed by atoms with Crippen molar-refractivity contribution in [2.45, 2.75) is 19.4 Å². The molecule has 4 rings (SSSR count). The highest BCUT2D eigenvalue weighted by molar-refractivity contribution is 6.51. The molecule has 1 N–H and O–H groups in total. The summed E-state index contributed by atoms with van der Waals surface area (Å²) < 4.78 is 19.1. The summed E-state index contributed by atoms with van der Waals surface area (Å²) >= 11 is 6.03. The Bertz CT molecular complexity index is 1200. The van der Waals surface area contributed by atoms with E-state index >= 15 is 0 Å². The number of carbonyl (C=O) groups is 2. The Morgan fingerprint density at radius 2 is 1.64 bits per heavy atom. The molecule has 0 bridgehead atoms. The van der Waals surface area contributed by atoms with Gasteiger partial charge in [0.05, 0.1) is 18.2 Å². The number of aliphatic hydroxyl groups excluding tert-OH is 1. The van der Waals surface area contributed by atoms with Gasteiger partial charge in [-0.1, -0.05) is 30.7 Å². The van der Waals surface area contributed by atoms with Crippen LogP contribution in [-0.4, -0.2) is 23.4 Å². The van der Waals surface area contributed by atoms with E-state index in [1.807, 2.05) is 6.92 Å². The van der Waals surface area contributed by atoms with Crippen molar-refractivity contribution in [3.63, 3.8) is 0 Å². The summed E-state index contributed by atoms with van der Waals surface area (Å²) in [6.07, 6.45) is 0.857. The molecule has 1 aliphatic rings. The molecule has 33 heavy (non-hydrogen) atoms. The molecule has 0 spiro atoms. The number of halogens is 2. The lowest BCUT2D eigenvalue weighted by molar-refractivity contribution is -0.132. The highest BCUT2D eigenvalue weighted by atomic mass is 35.5. The molecule has 7 heteroatoms. The Balaban J connectivity index is 1.84. The van der Waals surface area contributed by atoms with Gasteiger partial charge in [-0.25, -0.2) is 4.39 Å². The standard InChI is InChI=1S/C26H21ClFNO4/c1-2-15-33-21-13-5-17(6-14-21)24(30)22-23(16-3-7-18(27)8-4-16)29(26(32)25(22)31)20-11-9-19(28)10-12-20/h3-14,23,30H,2,15H2,1H3/b24-22+. The Labute approximate surface area is 195 Å². The van der Waals surface area contributed by atoms with Gasteiger partial charge in [-0.15, -0.1) is 0 Å². The number of benzene rings is 3. The maximum Gasteiger partial charge on any atom is 0.300 e. The number of ether oxygens (including phenoxy) is 1. The molecule has 3 aromatic carbocycles. The Morgan fingerprint density at radius 1 is 1.00 bits per heavy atom. The maximum atomic E-state index is 13.5. The minimum absolute atomic E-state index is 0.0612. The van der Waals surface area contributed by atoms with Gasteiger partial charge in [-0.3, -0.25) is 14.5 Å². The van der Waals surface area contributed by atoms with Crippen molar-refractivity contribution in [2.75, 3.05) is 11.5 Å². The van der Waals surface area contributed by atoms with Crippen molar-refractivity contribution in [3.8, 4) is 5.75 Å². The van der Waals surface area contributed by atoms with E-state index in [4.69, 9.17) is 16.3 Å². The van der Waals surface area contributed by atoms with Gasteiger partial charge in [-0.05, 0) is 72.6 Å². The fraction of sp³-hybridized carbons (Fsp3) is 0.154. The van der Waals surface area contributed by atoms with Gasteiger partial charge in [0.15, 0.2) is 0 Å². The monoisotopic (exact) mass is 465 g/mol. The van der Waals surface area contributed by atoms with E-state index in [9.17, 15) is 19.1 Å². The fourth-order valence-corrected chi connectivity index (χ4v) is 3.87. The lowest BCUT2D eigenvalue weighted by Crippen LogP contribution is -2.29. The minimum atomic E-state index is -0.913. The molecular weight excluding hydrogens is 445 g/mol. The molecule has 1 atom stereocenters. The Kier molecular flexibility index (Phi) is 6.47. The average molecular weight is 466 g/mol. The molecule has 0 aromatic heterocycles. The second kappa shape index (κ2) is 9.46. The highest BCUT2D eigenvalue weighted by Gasteiger charge is 2.46. The van der Waals surface area contributed by atoms with E-state index in [-0.39, 0.29) is 11.3 Å². The SMILES string of the molecule is CCCOc1ccc(/C(O)=C2\C(=O)C(=O)N(c3ccc(F)cc3)C2c2ccc(Cl)cc2)cc1. The normalized spacial score (nSPS) is 17.4. The first kappa shape index (κ1) is 22.6. The molecular formula is C26H21ClFNO4. The number of nitrogens with zero attached hydrogens (tertiary/aromatic N) is 1. The topological polar surface area (TPSA) is 66.8 Å². The number of Topliss-reactive ketones (excluding diaryl/α,β-unsaturated/α-hetero) is 1. The zero-order valence-corrected chi connectivity index (χ0v) is 18.6. The fourth-order valence-electron chi connectivity index (χ4n) is 3.75. The van der Waals surface area contributed by atoms with Gasteiger partial charge in [0.1, 0.15) is 17.3 Å². The molecule has 1 amide bonds.